The Morgan fingerprint density at radius 2 is 1.88 bits per heavy atom. The monoisotopic (exact) mass is 545 g/mol. The number of furan rings is 1. The molecule has 10 heteroatoms. The molecule has 1 aliphatic rings. The highest BCUT2D eigenvalue weighted by molar-refractivity contribution is 5.87. The van der Waals surface area contributed by atoms with E-state index < -0.39 is 11.8 Å². The first-order valence-corrected chi connectivity index (χ1v) is 14.0. The van der Waals surface area contributed by atoms with Crippen LogP contribution in [0.5, 0.6) is 0 Å². The number of rotatable bonds is 11. The zero-order valence-electron chi connectivity index (χ0n) is 23.0. The molecule has 10 nitrogen and oxygen atoms in total. The fraction of sp³-hybridized carbons (Fsp3) is 0.433. The van der Waals surface area contributed by atoms with Crippen molar-refractivity contribution in [1.82, 2.24) is 25.5 Å². The highest BCUT2D eigenvalue weighted by Crippen LogP contribution is 2.36. The smallest absolute Gasteiger partial charge is 0.456 e. The van der Waals surface area contributed by atoms with E-state index in [1.807, 2.05) is 47.4 Å². The second kappa shape index (κ2) is 12.3. The zero-order valence-corrected chi connectivity index (χ0v) is 23.0. The molecule has 1 fully saturated rings. The third-order valence-corrected chi connectivity index (χ3v) is 7.40. The Hall–Kier alpha value is -4.21. The Morgan fingerprint density at radius 1 is 1.07 bits per heavy atom. The number of nitrogens with one attached hydrogen (secondary N) is 1. The third kappa shape index (κ3) is 6.16. The van der Waals surface area contributed by atoms with Crippen LogP contribution >= 0.6 is 0 Å². The van der Waals surface area contributed by atoms with E-state index in [9.17, 15) is 9.59 Å². The molecule has 2 aromatic carbocycles. The van der Waals surface area contributed by atoms with Gasteiger partial charge in [0, 0.05) is 29.5 Å². The lowest BCUT2D eigenvalue weighted by Gasteiger charge is -2.35. The summed E-state index contributed by atoms with van der Waals surface area (Å²) < 4.78 is 17.1. The van der Waals surface area contributed by atoms with Crippen LogP contribution in [0.25, 0.3) is 33.7 Å². The summed E-state index contributed by atoms with van der Waals surface area (Å²) in [6, 6.07) is 15.7. The molecule has 0 atom stereocenters. The van der Waals surface area contributed by atoms with Gasteiger partial charge < -0.3 is 18.8 Å². The summed E-state index contributed by atoms with van der Waals surface area (Å²) in [7, 11) is 0. The number of unbranched alkanes of at least 4 members (excludes halogenated alkanes) is 1. The Balaban J connectivity index is 1.41. The topological polar surface area (TPSA) is 123 Å². The number of nitrogens with zero attached hydrogens (tertiary/aromatic N) is 4. The molecule has 1 amide bonds. The van der Waals surface area contributed by atoms with Crippen LogP contribution < -0.4 is 0 Å². The predicted octanol–water partition coefficient (Wildman–Crippen LogP) is 6.28. The number of fused-ring (bicyclic) bond motifs is 1. The molecule has 0 saturated heterocycles. The summed E-state index contributed by atoms with van der Waals surface area (Å²) >= 11 is 0. The van der Waals surface area contributed by atoms with Crippen LogP contribution in [0.4, 0.5) is 4.79 Å². The maximum atomic E-state index is 13.4. The Labute approximate surface area is 233 Å². The molecule has 40 heavy (non-hydrogen) atoms. The van der Waals surface area contributed by atoms with Gasteiger partial charge in [-0.25, -0.2) is 9.89 Å². The zero-order chi connectivity index (χ0) is 28.0. The van der Waals surface area contributed by atoms with Crippen LogP contribution in [0.1, 0.15) is 64.4 Å². The molecule has 210 valence electrons. The van der Waals surface area contributed by atoms with Gasteiger partial charge in [-0.3, -0.25) is 4.79 Å². The van der Waals surface area contributed by atoms with Crippen LogP contribution in [0.2, 0.25) is 0 Å². The van der Waals surface area contributed by atoms with Crippen LogP contribution in [-0.2, 0) is 20.8 Å². The molecule has 0 bridgehead atoms. The van der Waals surface area contributed by atoms with E-state index >= 15 is 0 Å². The fourth-order valence-electron chi connectivity index (χ4n) is 5.42. The summed E-state index contributed by atoms with van der Waals surface area (Å²) in [6.45, 7) is 4.83. The van der Waals surface area contributed by atoms with Gasteiger partial charge in [0.05, 0.1) is 13.2 Å². The number of tetrazole rings is 1. The number of amides is 1. The molecule has 4 aromatic rings. The Kier molecular flexibility index (Phi) is 8.42. The second-order valence-electron chi connectivity index (χ2n) is 10.3. The number of aromatic amines is 1. The molecule has 2 heterocycles. The molecule has 1 N–H and O–H groups in total. The van der Waals surface area contributed by atoms with Crippen molar-refractivity contribution >= 4 is 23.0 Å². The standard InChI is InChI=1S/C30H35N5O5/c1-3-5-12-27(36)35(20-30(15-8-9-16-30)40-29(37)38-4-2)19-21-13-14-25-22(17-21)18-26(39-25)23-10-6-7-11-24(23)28-31-33-34-32-28/h6-7,10-11,13-14,17-18H,3-5,8-9,12,15-16,19-20H2,1-2H3,(H,31,32,33,34). The minimum atomic E-state index is -0.722. The largest absolute Gasteiger partial charge is 0.508 e. The molecule has 0 spiro atoms. The number of aromatic nitrogens is 4. The summed E-state index contributed by atoms with van der Waals surface area (Å²) in [5, 5.41) is 15.2. The first kappa shape index (κ1) is 27.4. The highest BCUT2D eigenvalue weighted by Gasteiger charge is 2.41. The third-order valence-electron chi connectivity index (χ3n) is 7.40. The maximum absolute atomic E-state index is 13.4. The van der Waals surface area contributed by atoms with Gasteiger partial charge in [0.15, 0.2) is 5.82 Å². The van der Waals surface area contributed by atoms with Crippen LogP contribution in [0, 0.1) is 0 Å². The van der Waals surface area contributed by atoms with Gasteiger partial charge in [0.1, 0.15) is 16.9 Å². The molecular formula is C30H35N5O5. The fourth-order valence-corrected chi connectivity index (χ4v) is 5.42. The van der Waals surface area contributed by atoms with Crippen molar-refractivity contribution in [3.63, 3.8) is 0 Å². The van der Waals surface area contributed by atoms with Gasteiger partial charge in [-0.2, -0.15) is 0 Å². The van der Waals surface area contributed by atoms with Crippen molar-refractivity contribution < 1.29 is 23.5 Å². The van der Waals surface area contributed by atoms with Crippen molar-refractivity contribution in [3.8, 4) is 22.7 Å². The molecule has 0 aliphatic heterocycles. The van der Waals surface area contributed by atoms with E-state index in [0.29, 0.717) is 43.9 Å². The molecule has 2 aromatic heterocycles. The van der Waals surface area contributed by atoms with E-state index in [0.717, 1.165) is 53.3 Å². The van der Waals surface area contributed by atoms with Crippen molar-refractivity contribution in [3.05, 3.63) is 54.1 Å². The maximum Gasteiger partial charge on any atom is 0.508 e. The Bertz CT molecular complexity index is 1440. The minimum absolute atomic E-state index is 0.0585. The second-order valence-corrected chi connectivity index (χ2v) is 10.3. The van der Waals surface area contributed by atoms with E-state index in [2.05, 4.69) is 33.6 Å². The number of carbonyl (C=O) groups is 2. The number of ether oxygens (including phenoxy) is 2. The number of hydrogen-bond acceptors (Lipinski definition) is 8. The quantitative estimate of drug-likeness (QED) is 0.218. The van der Waals surface area contributed by atoms with E-state index in [4.69, 9.17) is 13.9 Å². The number of carbonyl (C=O) groups excluding carboxylic acids is 2. The lowest BCUT2D eigenvalue weighted by Crippen LogP contribution is -2.46. The molecule has 5 rings (SSSR count). The number of hydrogen-bond donors (Lipinski definition) is 1. The molecule has 1 saturated carbocycles. The van der Waals surface area contributed by atoms with Gasteiger partial charge in [-0.1, -0.05) is 43.7 Å². The van der Waals surface area contributed by atoms with Gasteiger partial charge in [0.2, 0.25) is 5.91 Å². The Morgan fingerprint density at radius 3 is 2.60 bits per heavy atom. The van der Waals surface area contributed by atoms with Crippen LogP contribution in [0.3, 0.4) is 0 Å². The van der Waals surface area contributed by atoms with Crippen molar-refractivity contribution in [2.75, 3.05) is 13.2 Å². The van der Waals surface area contributed by atoms with Crippen LogP contribution in [-0.4, -0.2) is 56.3 Å². The number of H-pyrrole nitrogens is 1. The normalized spacial score (nSPS) is 14.3. The molecule has 0 unspecified atom stereocenters. The summed E-state index contributed by atoms with van der Waals surface area (Å²) in [5.74, 6) is 1.31. The highest BCUT2D eigenvalue weighted by atomic mass is 16.7. The molecular weight excluding hydrogens is 510 g/mol. The average Bonchev–Trinajstić information content (AvgIpc) is 3.73. The summed E-state index contributed by atoms with van der Waals surface area (Å²) in [4.78, 5) is 27.5. The lowest BCUT2D eigenvalue weighted by atomic mass is 10.00. The van der Waals surface area contributed by atoms with Crippen molar-refractivity contribution in [2.45, 2.75) is 70.9 Å². The van der Waals surface area contributed by atoms with Gasteiger partial charge in [-0.05, 0) is 73.2 Å². The first-order chi connectivity index (χ1) is 19.5. The minimum Gasteiger partial charge on any atom is -0.456 e. The number of benzene rings is 2. The van der Waals surface area contributed by atoms with E-state index in [1.165, 1.54) is 0 Å². The summed E-state index contributed by atoms with van der Waals surface area (Å²) in [5.41, 5.74) is 2.70. The SMILES string of the molecule is CCCCC(=O)N(Cc1ccc2oc(-c3ccccc3-c3nnn[nH]3)cc2c1)CC1(OC(=O)OCC)CCCC1. The van der Waals surface area contributed by atoms with E-state index in [1.54, 1.807) is 6.92 Å². The lowest BCUT2D eigenvalue weighted by molar-refractivity contribution is -0.136. The van der Waals surface area contributed by atoms with Gasteiger partial charge in [-0.15, -0.1) is 5.10 Å². The van der Waals surface area contributed by atoms with Gasteiger partial charge in [0.25, 0.3) is 0 Å². The first-order valence-electron chi connectivity index (χ1n) is 14.0. The predicted molar refractivity (Wildman–Crippen MR) is 149 cm³/mol. The van der Waals surface area contributed by atoms with Gasteiger partial charge >= 0.3 is 6.16 Å². The molecule has 1 aliphatic carbocycles. The van der Waals surface area contributed by atoms with Crippen molar-refractivity contribution in [2.24, 2.45) is 0 Å². The average molecular weight is 546 g/mol. The van der Waals surface area contributed by atoms with Crippen LogP contribution in [0.15, 0.2) is 52.9 Å². The van der Waals surface area contributed by atoms with E-state index in [-0.39, 0.29) is 12.5 Å². The summed E-state index contributed by atoms with van der Waals surface area (Å²) in [6.07, 6.45) is 4.86. The van der Waals surface area contributed by atoms with Crippen molar-refractivity contribution in [1.29, 1.82) is 0 Å². The molecule has 0 radical (unpaired) electrons.